The van der Waals surface area contributed by atoms with Gasteiger partial charge in [-0.25, -0.2) is 0 Å². The fraction of sp³-hybridized carbons (Fsp3) is 0.800. The quantitative estimate of drug-likeness (QED) is 0.475. The summed E-state index contributed by atoms with van der Waals surface area (Å²) in [5.74, 6) is 0. The minimum atomic E-state index is -0.481. The van der Waals surface area contributed by atoms with Gasteiger partial charge in [-0.15, -0.1) is 0 Å². The molecule has 0 N–H and O–H groups in total. The van der Waals surface area contributed by atoms with E-state index in [0.717, 1.165) is 6.42 Å². The highest BCUT2D eigenvalue weighted by atomic mass is 16.1. The smallest absolute Gasteiger partial charge is 0.119 e. The maximum Gasteiger partial charge on any atom is 0.119 e. The Morgan fingerprint density at radius 3 is 2.83 bits per heavy atom. The summed E-state index contributed by atoms with van der Waals surface area (Å²) in [5, 5.41) is 0. The zero-order valence-corrected chi connectivity index (χ0v) is 3.98. The molecule has 0 aromatic rings. The van der Waals surface area contributed by atoms with Gasteiger partial charge >= 0.3 is 0 Å². The van der Waals surface area contributed by atoms with Crippen molar-refractivity contribution < 1.29 is 6.17 Å². The van der Waals surface area contributed by atoms with E-state index in [2.05, 4.69) is 0 Å². The summed E-state index contributed by atoms with van der Waals surface area (Å²) in [6.45, 7) is 1.96. The Balaban J connectivity index is 2.98. The first-order valence-corrected chi connectivity index (χ1v) is 2.18. The number of hydrogen-bond acceptors (Lipinski definition) is 1. The topological polar surface area (TPSA) is 17.1 Å². The van der Waals surface area contributed by atoms with Crippen LogP contribution in [0.3, 0.4) is 0 Å². The van der Waals surface area contributed by atoms with Gasteiger partial charge in [-0.3, -0.25) is 0 Å². The Labute approximate surface area is 39.8 Å². The summed E-state index contributed by atoms with van der Waals surface area (Å²) >= 11 is 0. The van der Waals surface area contributed by atoms with Crippen molar-refractivity contribution in [2.24, 2.45) is 0 Å². The zero-order chi connectivity index (χ0) is 5.70. The molecule has 0 aromatic heterocycles. The third-order valence-electron chi connectivity index (χ3n) is 0.552. The van der Waals surface area contributed by atoms with Gasteiger partial charge in [-0.2, -0.15) is 0 Å². The Bertz CT molecular complexity index is 54.0. The van der Waals surface area contributed by atoms with Crippen molar-refractivity contribution >= 4 is 6.29 Å². The molecule has 0 aliphatic rings. The minimum absolute atomic E-state index is 0.481. The van der Waals surface area contributed by atoms with Crippen LogP contribution in [0.15, 0.2) is 0 Å². The van der Waals surface area contributed by atoms with Gasteiger partial charge < -0.3 is 4.79 Å². The van der Waals surface area contributed by atoms with Gasteiger partial charge in [-0.1, -0.05) is 13.3 Å². The van der Waals surface area contributed by atoms with Gasteiger partial charge in [0, 0.05) is 7.77 Å². The fourth-order valence-corrected chi connectivity index (χ4v) is 0.235. The minimum Gasteiger partial charge on any atom is -0.303 e. The molecule has 0 saturated heterocycles. The number of carbonyl (C=O) groups is 1. The first kappa shape index (κ1) is 3.85. The first-order valence-electron chi connectivity index (χ1n) is 2.76. The number of aldehydes is 1. The average molecular weight is 87.1 g/mol. The van der Waals surface area contributed by atoms with E-state index in [4.69, 9.17) is 1.37 Å². The van der Waals surface area contributed by atoms with E-state index in [9.17, 15) is 4.79 Å². The second-order valence-corrected chi connectivity index (χ2v) is 1.16. The van der Waals surface area contributed by atoms with E-state index in [0.29, 0.717) is 12.7 Å². The number of hydrogen-bond donors (Lipinski definition) is 0. The molecule has 0 rings (SSSR count). The van der Waals surface area contributed by atoms with Crippen LogP contribution in [0.2, 0.25) is 0 Å². The maximum absolute atomic E-state index is 9.71. The summed E-state index contributed by atoms with van der Waals surface area (Å²) < 4.78 is 6.85. The van der Waals surface area contributed by atoms with Crippen molar-refractivity contribution in [1.29, 1.82) is 0 Å². The molecule has 1 atom stereocenters. The lowest BCUT2D eigenvalue weighted by atomic mass is 10.3. The normalized spacial score (nSPS) is 15.8. The van der Waals surface area contributed by atoms with Crippen LogP contribution >= 0.6 is 0 Å². The molecule has 1 unspecified atom stereocenters. The highest BCUT2D eigenvalue weighted by molar-refractivity contribution is 5.48. The molecule has 1 nitrogen and oxygen atoms in total. The van der Waals surface area contributed by atoms with Crippen LogP contribution in [-0.2, 0) is 4.79 Å². The van der Waals surface area contributed by atoms with Crippen LogP contribution in [0, 0.1) is 0 Å². The Kier molecular flexibility index (Phi) is 2.99. The van der Waals surface area contributed by atoms with E-state index in [1.165, 1.54) is 0 Å². The van der Waals surface area contributed by atoms with Gasteiger partial charge in [0.15, 0.2) is 0 Å². The van der Waals surface area contributed by atoms with Crippen LogP contribution in [0.4, 0.5) is 0 Å². The molecule has 0 spiro atoms. The van der Waals surface area contributed by atoms with Crippen molar-refractivity contribution in [3.63, 3.8) is 0 Å². The summed E-state index contributed by atoms with van der Waals surface area (Å²) in [7, 11) is 0. The largest absolute Gasteiger partial charge is 0.303 e. The number of rotatable bonds is 3. The SMILES string of the molecule is [2H]C(C=O)CCC. The van der Waals surface area contributed by atoms with Gasteiger partial charge in [0.1, 0.15) is 6.29 Å². The van der Waals surface area contributed by atoms with Gasteiger partial charge in [0.2, 0.25) is 0 Å². The molecule has 0 bridgehead atoms. The zero-order valence-electron chi connectivity index (χ0n) is 4.98. The lowest BCUT2D eigenvalue weighted by Crippen LogP contribution is -1.70. The molecule has 0 aliphatic heterocycles. The monoisotopic (exact) mass is 87.1 g/mol. The van der Waals surface area contributed by atoms with Crippen LogP contribution in [0.1, 0.15) is 27.5 Å². The van der Waals surface area contributed by atoms with Crippen LogP contribution in [0.25, 0.3) is 0 Å². The molecule has 6 heavy (non-hydrogen) atoms. The second kappa shape index (κ2) is 4.67. The molecule has 0 saturated carbocycles. The van der Waals surface area contributed by atoms with Crippen molar-refractivity contribution in [3.05, 3.63) is 0 Å². The Hall–Kier alpha value is -0.330. The maximum atomic E-state index is 9.71. The van der Waals surface area contributed by atoms with Gasteiger partial charge in [0.25, 0.3) is 0 Å². The van der Waals surface area contributed by atoms with E-state index in [1.54, 1.807) is 0 Å². The summed E-state index contributed by atoms with van der Waals surface area (Å²) in [4.78, 5) is 9.71. The molecular weight excluding hydrogens is 76.1 g/mol. The van der Waals surface area contributed by atoms with E-state index < -0.39 is 6.40 Å². The number of carbonyl (C=O) groups excluding carboxylic acids is 1. The molecule has 0 aliphatic carbocycles. The molecule has 1 heteroatoms. The third-order valence-corrected chi connectivity index (χ3v) is 0.552. The van der Waals surface area contributed by atoms with Crippen molar-refractivity contribution in [2.45, 2.75) is 26.2 Å². The molecule has 0 fully saturated rings. The molecule has 36 valence electrons. The van der Waals surface area contributed by atoms with Crippen LogP contribution < -0.4 is 0 Å². The van der Waals surface area contributed by atoms with E-state index in [-0.39, 0.29) is 0 Å². The summed E-state index contributed by atoms with van der Waals surface area (Å²) in [5.41, 5.74) is 0. The van der Waals surface area contributed by atoms with Gasteiger partial charge in [-0.05, 0) is 6.42 Å². The van der Waals surface area contributed by atoms with Crippen LogP contribution in [0.5, 0.6) is 0 Å². The van der Waals surface area contributed by atoms with Crippen molar-refractivity contribution in [2.75, 3.05) is 0 Å². The van der Waals surface area contributed by atoms with Crippen LogP contribution in [-0.4, -0.2) is 6.29 Å². The lowest BCUT2D eigenvalue weighted by molar-refractivity contribution is -0.107. The first-order chi connectivity index (χ1) is 3.31. The predicted molar refractivity (Wildman–Crippen MR) is 25.6 cm³/mol. The summed E-state index contributed by atoms with van der Waals surface area (Å²) in [6, 6.07) is 0. The summed E-state index contributed by atoms with van der Waals surface area (Å²) in [6.07, 6.45) is 1.81. The average Bonchev–Trinajstić information content (AvgIpc) is 1.68. The fourth-order valence-electron chi connectivity index (χ4n) is 0.235. The molecule has 0 heterocycles. The second-order valence-electron chi connectivity index (χ2n) is 1.16. The Morgan fingerprint density at radius 1 is 2.00 bits per heavy atom. The highest BCUT2D eigenvalue weighted by Crippen LogP contribution is 1.87. The lowest BCUT2D eigenvalue weighted by Gasteiger charge is -1.79. The molecule has 0 amide bonds. The predicted octanol–water partition coefficient (Wildman–Crippen LogP) is 1.38. The van der Waals surface area contributed by atoms with Crippen molar-refractivity contribution in [1.82, 2.24) is 0 Å². The molecule has 0 radical (unpaired) electrons. The standard InChI is InChI=1S/C5H10O/c1-2-3-4-5-6/h5H,2-4H2,1H3/i4D. The van der Waals surface area contributed by atoms with E-state index in [1.807, 2.05) is 6.92 Å². The molecular formula is C5H10O. The van der Waals surface area contributed by atoms with Gasteiger partial charge in [0.05, 0.1) is 0 Å². The van der Waals surface area contributed by atoms with Crippen molar-refractivity contribution in [3.8, 4) is 0 Å². The Morgan fingerprint density at radius 2 is 2.67 bits per heavy atom. The molecule has 0 aromatic carbocycles. The third kappa shape index (κ3) is 3.67. The highest BCUT2D eigenvalue weighted by Gasteiger charge is 1.74. The van der Waals surface area contributed by atoms with E-state index >= 15 is 0 Å².